The van der Waals surface area contributed by atoms with Crippen LogP contribution in [-0.2, 0) is 0 Å². The van der Waals surface area contributed by atoms with E-state index in [9.17, 15) is 4.79 Å². The fourth-order valence-electron chi connectivity index (χ4n) is 1.03. The summed E-state index contributed by atoms with van der Waals surface area (Å²) in [6.45, 7) is 7.59. The van der Waals surface area contributed by atoms with Crippen molar-refractivity contribution < 1.29 is 4.79 Å². The van der Waals surface area contributed by atoms with Crippen LogP contribution in [0.3, 0.4) is 0 Å². The van der Waals surface area contributed by atoms with E-state index in [0.29, 0.717) is 15.7 Å². The molecule has 0 fully saturated rings. The van der Waals surface area contributed by atoms with Gasteiger partial charge in [0.25, 0.3) is 5.91 Å². The first kappa shape index (κ1) is 11.0. The molecule has 0 aliphatic carbocycles. The number of nitrogen functional groups attached to an aromatic ring is 1. The number of hydrogen-bond donors (Lipinski definition) is 2. The van der Waals surface area contributed by atoms with Gasteiger partial charge in [-0.05, 0) is 27.7 Å². The Hall–Kier alpha value is -1.10. The molecule has 1 aromatic heterocycles. The quantitative estimate of drug-likeness (QED) is 0.744. The van der Waals surface area contributed by atoms with Crippen LogP contribution in [-0.4, -0.2) is 16.4 Å². The molecule has 0 unspecified atom stereocenters. The first-order valence-corrected chi connectivity index (χ1v) is 5.16. The van der Waals surface area contributed by atoms with Gasteiger partial charge < -0.3 is 11.1 Å². The van der Waals surface area contributed by atoms with Crippen LogP contribution in [0, 0.1) is 6.92 Å². The van der Waals surface area contributed by atoms with Crippen LogP contribution in [0.4, 0.5) is 5.13 Å². The molecule has 0 aliphatic rings. The average molecular weight is 213 g/mol. The lowest BCUT2D eigenvalue weighted by Gasteiger charge is -2.19. The summed E-state index contributed by atoms with van der Waals surface area (Å²) in [5, 5.41) is 3.30. The van der Waals surface area contributed by atoms with Gasteiger partial charge >= 0.3 is 0 Å². The second kappa shape index (κ2) is 3.57. The van der Waals surface area contributed by atoms with E-state index in [4.69, 9.17) is 5.73 Å². The number of carbonyl (C=O) groups is 1. The third-order valence-electron chi connectivity index (χ3n) is 1.51. The largest absolute Gasteiger partial charge is 0.375 e. The molecule has 0 atom stereocenters. The Labute approximate surface area is 87.5 Å². The molecular formula is C9H15N3OS. The van der Waals surface area contributed by atoms with Crippen molar-refractivity contribution in [3.8, 4) is 0 Å². The summed E-state index contributed by atoms with van der Waals surface area (Å²) >= 11 is 1.22. The lowest BCUT2D eigenvalue weighted by atomic mass is 10.1. The van der Waals surface area contributed by atoms with Gasteiger partial charge in [0.1, 0.15) is 4.88 Å². The number of carbonyl (C=O) groups excluding carboxylic acids is 1. The molecule has 1 heterocycles. The molecule has 0 radical (unpaired) electrons. The third-order valence-corrected chi connectivity index (χ3v) is 2.49. The van der Waals surface area contributed by atoms with Gasteiger partial charge in [-0.1, -0.05) is 11.3 Å². The minimum absolute atomic E-state index is 0.107. The highest BCUT2D eigenvalue weighted by Crippen LogP contribution is 2.20. The summed E-state index contributed by atoms with van der Waals surface area (Å²) in [4.78, 5) is 16.3. The van der Waals surface area contributed by atoms with Crippen molar-refractivity contribution in [2.45, 2.75) is 33.2 Å². The second-order valence-electron chi connectivity index (χ2n) is 4.17. The molecule has 78 valence electrons. The van der Waals surface area contributed by atoms with Crippen molar-refractivity contribution in [1.29, 1.82) is 0 Å². The Bertz CT molecular complexity index is 351. The molecule has 0 bridgehead atoms. The van der Waals surface area contributed by atoms with Crippen molar-refractivity contribution >= 4 is 22.4 Å². The number of aryl methyl sites for hydroxylation is 1. The molecule has 0 saturated heterocycles. The van der Waals surface area contributed by atoms with Crippen LogP contribution in [0.5, 0.6) is 0 Å². The van der Waals surface area contributed by atoms with E-state index in [-0.39, 0.29) is 11.4 Å². The summed E-state index contributed by atoms with van der Waals surface area (Å²) < 4.78 is 0. The molecule has 14 heavy (non-hydrogen) atoms. The van der Waals surface area contributed by atoms with E-state index in [2.05, 4.69) is 10.3 Å². The Morgan fingerprint density at radius 1 is 1.50 bits per heavy atom. The van der Waals surface area contributed by atoms with Crippen molar-refractivity contribution in [3.63, 3.8) is 0 Å². The number of hydrogen-bond acceptors (Lipinski definition) is 4. The van der Waals surface area contributed by atoms with Crippen LogP contribution in [0.2, 0.25) is 0 Å². The first-order chi connectivity index (χ1) is 6.29. The number of thiazole rings is 1. The lowest BCUT2D eigenvalue weighted by molar-refractivity contribution is 0.0923. The Balaban J connectivity index is 2.85. The lowest BCUT2D eigenvalue weighted by Crippen LogP contribution is -2.40. The standard InChI is InChI=1S/C9H15N3OS/c1-5-6(14-8(10)11-5)7(13)12-9(2,3)4/h1-4H3,(H2,10,11)(H,12,13). The average Bonchev–Trinajstić information content (AvgIpc) is 2.26. The van der Waals surface area contributed by atoms with Crippen molar-refractivity contribution in [2.24, 2.45) is 0 Å². The highest BCUT2D eigenvalue weighted by atomic mass is 32.1. The fraction of sp³-hybridized carbons (Fsp3) is 0.556. The summed E-state index contributed by atoms with van der Waals surface area (Å²) in [6.07, 6.45) is 0. The number of anilines is 1. The Morgan fingerprint density at radius 2 is 2.07 bits per heavy atom. The predicted molar refractivity (Wildman–Crippen MR) is 58.5 cm³/mol. The maximum absolute atomic E-state index is 11.7. The Morgan fingerprint density at radius 3 is 2.43 bits per heavy atom. The minimum Gasteiger partial charge on any atom is -0.375 e. The monoisotopic (exact) mass is 213 g/mol. The third kappa shape index (κ3) is 2.70. The molecule has 5 heteroatoms. The van der Waals surface area contributed by atoms with Gasteiger partial charge in [0.05, 0.1) is 5.69 Å². The molecule has 1 aromatic rings. The summed E-state index contributed by atoms with van der Waals surface area (Å²) in [6, 6.07) is 0. The van der Waals surface area contributed by atoms with Gasteiger partial charge in [-0.25, -0.2) is 4.98 Å². The predicted octanol–water partition coefficient (Wildman–Crippen LogP) is 1.56. The molecule has 4 nitrogen and oxygen atoms in total. The molecule has 1 amide bonds. The second-order valence-corrected chi connectivity index (χ2v) is 5.20. The van der Waals surface area contributed by atoms with Crippen LogP contribution < -0.4 is 11.1 Å². The molecule has 1 rings (SSSR count). The molecule has 0 aliphatic heterocycles. The summed E-state index contributed by atoms with van der Waals surface area (Å²) in [5.41, 5.74) is 5.96. The zero-order chi connectivity index (χ0) is 10.9. The van der Waals surface area contributed by atoms with Crippen LogP contribution in [0.15, 0.2) is 0 Å². The number of aromatic nitrogens is 1. The van der Waals surface area contributed by atoms with Gasteiger partial charge in [0.2, 0.25) is 0 Å². The highest BCUT2D eigenvalue weighted by Gasteiger charge is 2.19. The normalized spacial score (nSPS) is 11.4. The van der Waals surface area contributed by atoms with E-state index in [1.807, 2.05) is 20.8 Å². The smallest absolute Gasteiger partial charge is 0.263 e. The molecule has 0 spiro atoms. The van der Waals surface area contributed by atoms with Gasteiger partial charge in [-0.3, -0.25) is 4.79 Å². The number of rotatable bonds is 1. The van der Waals surface area contributed by atoms with Crippen LogP contribution in [0.1, 0.15) is 36.1 Å². The van der Waals surface area contributed by atoms with E-state index in [1.165, 1.54) is 11.3 Å². The van der Waals surface area contributed by atoms with Crippen LogP contribution >= 0.6 is 11.3 Å². The van der Waals surface area contributed by atoms with Gasteiger partial charge in [-0.2, -0.15) is 0 Å². The number of nitrogens with zero attached hydrogens (tertiary/aromatic N) is 1. The van der Waals surface area contributed by atoms with E-state index < -0.39 is 0 Å². The SMILES string of the molecule is Cc1nc(N)sc1C(=O)NC(C)(C)C. The van der Waals surface area contributed by atoms with E-state index in [0.717, 1.165) is 0 Å². The van der Waals surface area contributed by atoms with Crippen molar-refractivity contribution in [2.75, 3.05) is 5.73 Å². The molecule has 3 N–H and O–H groups in total. The highest BCUT2D eigenvalue weighted by molar-refractivity contribution is 7.17. The van der Waals surface area contributed by atoms with Gasteiger partial charge in [-0.15, -0.1) is 0 Å². The maximum atomic E-state index is 11.7. The van der Waals surface area contributed by atoms with Gasteiger partial charge in [0, 0.05) is 5.54 Å². The van der Waals surface area contributed by atoms with E-state index in [1.54, 1.807) is 6.92 Å². The molecule has 0 aromatic carbocycles. The first-order valence-electron chi connectivity index (χ1n) is 4.35. The number of nitrogens with two attached hydrogens (primary N) is 1. The fourth-order valence-corrected chi connectivity index (χ4v) is 1.75. The Kier molecular flexibility index (Phi) is 2.80. The zero-order valence-electron chi connectivity index (χ0n) is 8.84. The number of nitrogens with one attached hydrogen (secondary N) is 1. The minimum atomic E-state index is -0.234. The van der Waals surface area contributed by atoms with E-state index >= 15 is 0 Å². The van der Waals surface area contributed by atoms with Gasteiger partial charge in [0.15, 0.2) is 5.13 Å². The zero-order valence-corrected chi connectivity index (χ0v) is 9.66. The topological polar surface area (TPSA) is 68.0 Å². The van der Waals surface area contributed by atoms with Crippen LogP contribution in [0.25, 0.3) is 0 Å². The molecular weight excluding hydrogens is 198 g/mol. The summed E-state index contributed by atoms with van der Waals surface area (Å²) in [5.74, 6) is -0.107. The molecule has 0 saturated carbocycles. The number of amides is 1. The summed E-state index contributed by atoms with van der Waals surface area (Å²) in [7, 11) is 0. The maximum Gasteiger partial charge on any atom is 0.263 e. The van der Waals surface area contributed by atoms with Crippen molar-refractivity contribution in [3.05, 3.63) is 10.6 Å². The van der Waals surface area contributed by atoms with Crippen molar-refractivity contribution in [1.82, 2.24) is 10.3 Å².